The molecule has 0 spiro atoms. The first-order valence-electron chi connectivity index (χ1n) is 6.19. The van der Waals surface area contributed by atoms with Crippen LogP contribution in [0.15, 0.2) is 42.6 Å². The van der Waals surface area contributed by atoms with E-state index in [1.54, 1.807) is 19.4 Å². The SMILES string of the molecule is COCc1cccc(OCc2ccnc(C(=N)N)c2)c1. The normalized spacial score (nSPS) is 10.2. The standard InChI is InChI=1S/C15H17N3O2/c1-19-9-11-3-2-4-13(7-11)20-10-12-5-6-18-14(8-12)15(16)17/h2-8H,9-10H2,1H3,(H3,16,17). The molecule has 5 heteroatoms. The molecule has 3 N–H and O–H groups in total. The Balaban J connectivity index is 2.03. The lowest BCUT2D eigenvalue weighted by molar-refractivity contribution is 0.184. The monoisotopic (exact) mass is 271 g/mol. The van der Waals surface area contributed by atoms with Gasteiger partial charge in [-0.15, -0.1) is 0 Å². The Bertz CT molecular complexity index is 599. The molecule has 0 radical (unpaired) electrons. The highest BCUT2D eigenvalue weighted by atomic mass is 16.5. The van der Waals surface area contributed by atoms with E-state index in [2.05, 4.69) is 4.98 Å². The number of nitrogens with zero attached hydrogens (tertiary/aromatic N) is 1. The molecule has 1 aromatic heterocycles. The maximum absolute atomic E-state index is 7.36. The summed E-state index contributed by atoms with van der Waals surface area (Å²) in [5.41, 5.74) is 7.85. The molecule has 0 amide bonds. The van der Waals surface area contributed by atoms with Gasteiger partial charge in [0.25, 0.3) is 0 Å². The minimum absolute atomic E-state index is 0.0473. The van der Waals surface area contributed by atoms with E-state index >= 15 is 0 Å². The summed E-state index contributed by atoms with van der Waals surface area (Å²) in [6.07, 6.45) is 1.62. The maximum atomic E-state index is 7.36. The molecule has 2 aromatic rings. The van der Waals surface area contributed by atoms with Crippen molar-refractivity contribution in [1.29, 1.82) is 5.41 Å². The average Bonchev–Trinajstić information content (AvgIpc) is 2.46. The number of hydrogen-bond donors (Lipinski definition) is 2. The Morgan fingerprint density at radius 1 is 1.20 bits per heavy atom. The van der Waals surface area contributed by atoms with Crippen LogP contribution < -0.4 is 10.5 Å². The minimum Gasteiger partial charge on any atom is -0.489 e. The van der Waals surface area contributed by atoms with Crippen molar-refractivity contribution in [3.63, 3.8) is 0 Å². The van der Waals surface area contributed by atoms with Crippen molar-refractivity contribution in [3.05, 3.63) is 59.4 Å². The first-order chi connectivity index (χ1) is 9.69. The third-order valence-electron chi connectivity index (χ3n) is 2.72. The van der Waals surface area contributed by atoms with Gasteiger partial charge in [-0.05, 0) is 35.4 Å². The molecule has 5 nitrogen and oxygen atoms in total. The van der Waals surface area contributed by atoms with Crippen molar-refractivity contribution < 1.29 is 9.47 Å². The number of nitrogens with one attached hydrogen (secondary N) is 1. The number of pyridine rings is 1. The van der Waals surface area contributed by atoms with Crippen molar-refractivity contribution in [2.75, 3.05) is 7.11 Å². The number of rotatable bonds is 6. The Morgan fingerprint density at radius 2 is 2.00 bits per heavy atom. The summed E-state index contributed by atoms with van der Waals surface area (Å²) in [7, 11) is 1.66. The average molecular weight is 271 g/mol. The quantitative estimate of drug-likeness (QED) is 0.622. The van der Waals surface area contributed by atoms with Crippen LogP contribution in [0.3, 0.4) is 0 Å². The number of nitrogens with two attached hydrogens (primary N) is 1. The zero-order valence-electron chi connectivity index (χ0n) is 11.3. The van der Waals surface area contributed by atoms with Crippen molar-refractivity contribution >= 4 is 5.84 Å². The van der Waals surface area contributed by atoms with Gasteiger partial charge >= 0.3 is 0 Å². The van der Waals surface area contributed by atoms with E-state index in [1.807, 2.05) is 30.3 Å². The number of aromatic nitrogens is 1. The molecule has 0 atom stereocenters. The lowest BCUT2D eigenvalue weighted by Gasteiger charge is -2.08. The predicted octanol–water partition coefficient (Wildman–Crippen LogP) is 2.09. The molecule has 0 aliphatic rings. The first kappa shape index (κ1) is 14.0. The van der Waals surface area contributed by atoms with Gasteiger partial charge in [-0.3, -0.25) is 10.4 Å². The molecule has 0 saturated heterocycles. The lowest BCUT2D eigenvalue weighted by atomic mass is 10.2. The molecule has 0 bridgehead atoms. The third-order valence-corrected chi connectivity index (χ3v) is 2.72. The molecule has 0 aliphatic carbocycles. The predicted molar refractivity (Wildman–Crippen MR) is 76.7 cm³/mol. The number of methoxy groups -OCH3 is 1. The molecule has 0 saturated carbocycles. The highest BCUT2D eigenvalue weighted by molar-refractivity contribution is 5.93. The van der Waals surface area contributed by atoms with Crippen molar-refractivity contribution in [1.82, 2.24) is 4.98 Å². The highest BCUT2D eigenvalue weighted by Crippen LogP contribution is 2.15. The molecule has 1 aromatic carbocycles. The summed E-state index contributed by atoms with van der Waals surface area (Å²) in [5.74, 6) is 0.731. The summed E-state index contributed by atoms with van der Waals surface area (Å²) in [6, 6.07) is 11.3. The van der Waals surface area contributed by atoms with Crippen LogP contribution >= 0.6 is 0 Å². The van der Waals surface area contributed by atoms with Gasteiger partial charge in [0.15, 0.2) is 0 Å². The molecule has 104 valence electrons. The van der Waals surface area contributed by atoms with Crippen molar-refractivity contribution in [3.8, 4) is 5.75 Å². The van der Waals surface area contributed by atoms with Gasteiger partial charge in [-0.1, -0.05) is 12.1 Å². The van der Waals surface area contributed by atoms with E-state index in [1.165, 1.54) is 0 Å². The van der Waals surface area contributed by atoms with Gasteiger partial charge in [-0.2, -0.15) is 0 Å². The number of benzene rings is 1. The van der Waals surface area contributed by atoms with Gasteiger partial charge in [0.05, 0.1) is 6.61 Å². The molecule has 0 fully saturated rings. The van der Waals surface area contributed by atoms with E-state index in [-0.39, 0.29) is 5.84 Å². The summed E-state index contributed by atoms with van der Waals surface area (Å²) < 4.78 is 10.8. The highest BCUT2D eigenvalue weighted by Gasteiger charge is 2.02. The second-order valence-electron chi connectivity index (χ2n) is 4.33. The van der Waals surface area contributed by atoms with Crippen molar-refractivity contribution in [2.45, 2.75) is 13.2 Å². The zero-order chi connectivity index (χ0) is 14.4. The Kier molecular flexibility index (Phi) is 4.68. The molecule has 2 rings (SSSR count). The van der Waals surface area contributed by atoms with Crippen LogP contribution in [0.1, 0.15) is 16.8 Å². The fraction of sp³-hybridized carbons (Fsp3) is 0.200. The Morgan fingerprint density at radius 3 is 2.75 bits per heavy atom. The lowest BCUT2D eigenvalue weighted by Crippen LogP contribution is -2.13. The zero-order valence-corrected chi connectivity index (χ0v) is 11.3. The Hall–Kier alpha value is -2.40. The summed E-state index contributed by atoms with van der Waals surface area (Å²) in [5, 5.41) is 7.36. The van der Waals surface area contributed by atoms with Gasteiger partial charge in [0, 0.05) is 13.3 Å². The van der Waals surface area contributed by atoms with Crippen LogP contribution in [0.5, 0.6) is 5.75 Å². The second-order valence-corrected chi connectivity index (χ2v) is 4.33. The molecule has 20 heavy (non-hydrogen) atoms. The van der Waals surface area contributed by atoms with Crippen LogP contribution in [-0.2, 0) is 18.0 Å². The van der Waals surface area contributed by atoms with Gasteiger partial charge in [0.1, 0.15) is 23.9 Å². The molecule has 1 heterocycles. The number of hydrogen-bond acceptors (Lipinski definition) is 4. The third kappa shape index (κ3) is 3.80. The smallest absolute Gasteiger partial charge is 0.141 e. The first-order valence-corrected chi connectivity index (χ1v) is 6.19. The van der Waals surface area contributed by atoms with E-state index in [0.717, 1.165) is 16.9 Å². The number of amidine groups is 1. The Labute approximate surface area is 117 Å². The fourth-order valence-electron chi connectivity index (χ4n) is 1.77. The van der Waals surface area contributed by atoms with Gasteiger partial charge < -0.3 is 15.2 Å². The summed E-state index contributed by atoms with van der Waals surface area (Å²) in [4.78, 5) is 4.01. The van der Waals surface area contributed by atoms with Crippen LogP contribution in [0.2, 0.25) is 0 Å². The van der Waals surface area contributed by atoms with Crippen LogP contribution in [0.4, 0.5) is 0 Å². The minimum atomic E-state index is -0.0473. The number of nitrogen functional groups attached to an aromatic ring is 1. The second kappa shape index (κ2) is 6.68. The van der Waals surface area contributed by atoms with Crippen LogP contribution in [-0.4, -0.2) is 17.9 Å². The van der Waals surface area contributed by atoms with Gasteiger partial charge in [0.2, 0.25) is 0 Å². The van der Waals surface area contributed by atoms with E-state index < -0.39 is 0 Å². The summed E-state index contributed by atoms with van der Waals surface area (Å²) >= 11 is 0. The van der Waals surface area contributed by atoms with Crippen LogP contribution in [0, 0.1) is 5.41 Å². The van der Waals surface area contributed by atoms with Crippen molar-refractivity contribution in [2.24, 2.45) is 5.73 Å². The molecular weight excluding hydrogens is 254 g/mol. The van der Waals surface area contributed by atoms with Crippen LogP contribution in [0.25, 0.3) is 0 Å². The maximum Gasteiger partial charge on any atom is 0.141 e. The topological polar surface area (TPSA) is 81.2 Å². The molecular formula is C15H17N3O2. The molecule has 0 aliphatic heterocycles. The largest absolute Gasteiger partial charge is 0.489 e. The van der Waals surface area contributed by atoms with E-state index in [9.17, 15) is 0 Å². The van der Waals surface area contributed by atoms with E-state index in [4.69, 9.17) is 20.6 Å². The van der Waals surface area contributed by atoms with Gasteiger partial charge in [-0.25, -0.2) is 0 Å². The van der Waals surface area contributed by atoms with E-state index in [0.29, 0.717) is 18.9 Å². The summed E-state index contributed by atoms with van der Waals surface area (Å²) in [6.45, 7) is 0.959. The fourth-order valence-corrected chi connectivity index (χ4v) is 1.77. The number of ether oxygens (including phenoxy) is 2. The molecule has 0 unspecified atom stereocenters.